The first kappa shape index (κ1) is 15.5. The summed E-state index contributed by atoms with van der Waals surface area (Å²) in [7, 11) is 0. The summed E-state index contributed by atoms with van der Waals surface area (Å²) in [5, 5.41) is 10.6. The Labute approximate surface area is 123 Å². The van der Waals surface area contributed by atoms with Crippen LogP contribution in [0, 0.1) is 11.3 Å². The predicted octanol–water partition coefficient (Wildman–Crippen LogP) is 4.32. The summed E-state index contributed by atoms with van der Waals surface area (Å²) in [6.45, 7) is 9.07. The summed E-state index contributed by atoms with van der Waals surface area (Å²) in [5.74, 6) is 0.793. The zero-order chi connectivity index (χ0) is 14.8. The van der Waals surface area contributed by atoms with Gasteiger partial charge in [0.2, 0.25) is 0 Å². The number of aryl methyl sites for hydroxylation is 1. The highest BCUT2D eigenvalue weighted by atomic mass is 16.3. The number of aromatic nitrogens is 1. The molecule has 1 aromatic heterocycles. The zero-order valence-electron chi connectivity index (χ0n) is 13.4. The van der Waals surface area contributed by atoms with Crippen LogP contribution in [0.3, 0.4) is 0 Å². The lowest BCUT2D eigenvalue weighted by molar-refractivity contribution is 0.0981. The molecule has 1 heterocycles. The molecule has 3 atom stereocenters. The number of aliphatic hydroxyl groups excluding tert-OH is 1. The van der Waals surface area contributed by atoms with Crippen molar-refractivity contribution in [1.29, 1.82) is 0 Å². The molecule has 0 saturated carbocycles. The van der Waals surface area contributed by atoms with E-state index in [2.05, 4.69) is 38.7 Å². The van der Waals surface area contributed by atoms with Crippen molar-refractivity contribution in [3.05, 3.63) is 29.6 Å². The first-order chi connectivity index (χ1) is 9.37. The van der Waals surface area contributed by atoms with Crippen LogP contribution in [0.5, 0.6) is 0 Å². The fourth-order valence-corrected chi connectivity index (χ4v) is 3.73. The molecular weight excluding hydrogens is 246 g/mol. The topological polar surface area (TPSA) is 33.1 Å². The second kappa shape index (κ2) is 6.26. The minimum absolute atomic E-state index is 0.238. The molecule has 0 aromatic carbocycles. The maximum Gasteiger partial charge on any atom is 0.0626 e. The fraction of sp³-hybridized carbons (Fsp3) is 0.722. The lowest BCUT2D eigenvalue weighted by Crippen LogP contribution is -2.26. The van der Waals surface area contributed by atoms with Crippen molar-refractivity contribution in [2.24, 2.45) is 11.3 Å². The molecule has 1 aliphatic carbocycles. The van der Waals surface area contributed by atoms with Gasteiger partial charge in [-0.3, -0.25) is 4.98 Å². The molecule has 0 amide bonds. The van der Waals surface area contributed by atoms with Crippen molar-refractivity contribution < 1.29 is 5.11 Å². The predicted molar refractivity (Wildman–Crippen MR) is 83.8 cm³/mol. The number of aliphatic hydroxyl groups is 1. The van der Waals surface area contributed by atoms with E-state index < -0.39 is 0 Å². The third-order valence-electron chi connectivity index (χ3n) is 4.31. The molecule has 0 spiro atoms. The molecule has 2 nitrogen and oxygen atoms in total. The minimum atomic E-state index is -0.249. The van der Waals surface area contributed by atoms with Crippen LogP contribution in [-0.2, 0) is 6.42 Å². The van der Waals surface area contributed by atoms with Crippen LogP contribution in [0.15, 0.2) is 18.3 Å². The first-order valence-corrected chi connectivity index (χ1v) is 7.98. The Hall–Kier alpha value is -0.890. The molecule has 1 N–H and O–H groups in total. The monoisotopic (exact) mass is 275 g/mol. The van der Waals surface area contributed by atoms with Crippen molar-refractivity contribution in [1.82, 2.24) is 4.98 Å². The van der Waals surface area contributed by atoms with E-state index in [1.54, 1.807) is 0 Å². The van der Waals surface area contributed by atoms with Gasteiger partial charge in [0.1, 0.15) is 0 Å². The average Bonchev–Trinajstić information content (AvgIpc) is 2.35. The van der Waals surface area contributed by atoms with Crippen LogP contribution < -0.4 is 0 Å². The number of hydrogen-bond acceptors (Lipinski definition) is 2. The van der Waals surface area contributed by atoms with Gasteiger partial charge in [0, 0.05) is 17.8 Å². The molecule has 3 unspecified atom stereocenters. The van der Waals surface area contributed by atoms with Crippen molar-refractivity contribution in [3.63, 3.8) is 0 Å². The summed E-state index contributed by atoms with van der Waals surface area (Å²) in [5.41, 5.74) is 2.82. The van der Waals surface area contributed by atoms with Gasteiger partial charge in [-0.1, -0.05) is 33.8 Å². The minimum Gasteiger partial charge on any atom is -0.392 e. The lowest BCUT2D eigenvalue weighted by atomic mass is 9.78. The summed E-state index contributed by atoms with van der Waals surface area (Å²) < 4.78 is 0. The average molecular weight is 275 g/mol. The quantitative estimate of drug-likeness (QED) is 0.887. The van der Waals surface area contributed by atoms with Crippen LogP contribution in [0.1, 0.15) is 70.6 Å². The van der Waals surface area contributed by atoms with Gasteiger partial charge >= 0.3 is 0 Å². The Kier molecular flexibility index (Phi) is 4.85. The number of rotatable bonds is 4. The highest BCUT2D eigenvalue weighted by molar-refractivity contribution is 5.26. The van der Waals surface area contributed by atoms with E-state index in [9.17, 15) is 5.11 Å². The first-order valence-electron chi connectivity index (χ1n) is 7.98. The van der Waals surface area contributed by atoms with Crippen molar-refractivity contribution >= 4 is 0 Å². The number of nitrogens with zero attached hydrogens (tertiary/aromatic N) is 1. The van der Waals surface area contributed by atoms with Gasteiger partial charge in [0.05, 0.1) is 6.10 Å². The van der Waals surface area contributed by atoms with Crippen LogP contribution in [0.2, 0.25) is 0 Å². The summed E-state index contributed by atoms with van der Waals surface area (Å²) in [6, 6.07) is 4.18. The fourth-order valence-electron chi connectivity index (χ4n) is 3.73. The highest BCUT2D eigenvalue weighted by Gasteiger charge is 2.29. The SMILES string of the molecule is CC(CC(O)C1CCCc2cccnc21)CC(C)(C)C. The lowest BCUT2D eigenvalue weighted by Gasteiger charge is -2.31. The van der Waals surface area contributed by atoms with Crippen molar-refractivity contribution in [2.75, 3.05) is 0 Å². The smallest absolute Gasteiger partial charge is 0.0626 e. The summed E-state index contributed by atoms with van der Waals surface area (Å²) in [6.07, 6.45) is 7.03. The molecule has 2 rings (SSSR count). The Bertz CT molecular complexity index is 435. The second-order valence-corrected chi connectivity index (χ2v) is 7.72. The molecule has 0 fully saturated rings. The number of fused-ring (bicyclic) bond motifs is 1. The van der Waals surface area contributed by atoms with E-state index in [0.717, 1.165) is 31.4 Å². The third kappa shape index (κ3) is 4.05. The summed E-state index contributed by atoms with van der Waals surface area (Å²) >= 11 is 0. The van der Waals surface area contributed by atoms with Crippen LogP contribution in [0.4, 0.5) is 0 Å². The van der Waals surface area contributed by atoms with Gasteiger partial charge in [-0.2, -0.15) is 0 Å². The van der Waals surface area contributed by atoms with E-state index in [4.69, 9.17) is 0 Å². The van der Waals surface area contributed by atoms with Gasteiger partial charge in [-0.05, 0) is 55.1 Å². The van der Waals surface area contributed by atoms with Crippen LogP contribution in [0.25, 0.3) is 0 Å². The molecule has 1 aromatic rings. The molecule has 112 valence electrons. The van der Waals surface area contributed by atoms with E-state index in [-0.39, 0.29) is 12.0 Å². The molecule has 0 bridgehead atoms. The van der Waals surface area contributed by atoms with Gasteiger partial charge in [-0.15, -0.1) is 0 Å². The summed E-state index contributed by atoms with van der Waals surface area (Å²) in [4.78, 5) is 4.54. The van der Waals surface area contributed by atoms with E-state index in [1.165, 1.54) is 12.0 Å². The second-order valence-electron chi connectivity index (χ2n) is 7.72. The van der Waals surface area contributed by atoms with Gasteiger partial charge in [0.15, 0.2) is 0 Å². The largest absolute Gasteiger partial charge is 0.392 e. The molecule has 0 radical (unpaired) electrons. The Morgan fingerprint density at radius 1 is 1.40 bits per heavy atom. The number of hydrogen-bond donors (Lipinski definition) is 1. The standard InChI is InChI=1S/C18H29NO/c1-13(12-18(2,3)4)11-16(20)15-9-5-7-14-8-6-10-19-17(14)15/h6,8,10,13,15-16,20H,5,7,9,11-12H2,1-4H3. The maximum atomic E-state index is 10.6. The third-order valence-corrected chi connectivity index (χ3v) is 4.31. The Balaban J connectivity index is 2.02. The van der Waals surface area contributed by atoms with E-state index in [1.807, 2.05) is 12.3 Å². The highest BCUT2D eigenvalue weighted by Crippen LogP contribution is 2.36. The molecule has 0 saturated heterocycles. The van der Waals surface area contributed by atoms with Gasteiger partial charge in [-0.25, -0.2) is 0 Å². The van der Waals surface area contributed by atoms with Crippen LogP contribution in [-0.4, -0.2) is 16.2 Å². The zero-order valence-corrected chi connectivity index (χ0v) is 13.4. The molecule has 0 aliphatic heterocycles. The molecular formula is C18H29NO. The van der Waals surface area contributed by atoms with Crippen molar-refractivity contribution in [3.8, 4) is 0 Å². The molecule has 2 heteroatoms. The normalized spacial score (nSPS) is 22.1. The molecule has 20 heavy (non-hydrogen) atoms. The van der Waals surface area contributed by atoms with Crippen LogP contribution >= 0.6 is 0 Å². The van der Waals surface area contributed by atoms with Crippen molar-refractivity contribution in [2.45, 2.75) is 71.8 Å². The van der Waals surface area contributed by atoms with E-state index >= 15 is 0 Å². The number of pyridine rings is 1. The molecule has 1 aliphatic rings. The van der Waals surface area contributed by atoms with E-state index in [0.29, 0.717) is 11.3 Å². The maximum absolute atomic E-state index is 10.6. The Morgan fingerprint density at radius 3 is 2.85 bits per heavy atom. The van der Waals surface area contributed by atoms with Gasteiger partial charge in [0.25, 0.3) is 0 Å². The Morgan fingerprint density at radius 2 is 2.15 bits per heavy atom. The van der Waals surface area contributed by atoms with Gasteiger partial charge < -0.3 is 5.11 Å².